The van der Waals surface area contributed by atoms with Gasteiger partial charge in [0.25, 0.3) is 0 Å². The van der Waals surface area contributed by atoms with E-state index in [9.17, 15) is 15.0 Å². The lowest BCUT2D eigenvalue weighted by Gasteiger charge is -2.30. The van der Waals surface area contributed by atoms with E-state index in [0.717, 1.165) is 10.0 Å². The maximum Gasteiger partial charge on any atom is 0.405 e. The van der Waals surface area contributed by atoms with Crippen molar-refractivity contribution >= 4 is 22.0 Å². The molecule has 3 aromatic rings. The summed E-state index contributed by atoms with van der Waals surface area (Å²) in [5.41, 5.74) is 1.32. The molecule has 2 aromatic carbocycles. The molecule has 7 heteroatoms. The van der Waals surface area contributed by atoms with E-state index in [1.807, 2.05) is 24.3 Å². The SMILES string of the molecule is Cc1noc(-c2ccc(Br)cc2)c1C(C)(NC(=O)O)c1cccc(O)c1. The maximum absolute atomic E-state index is 11.5. The lowest BCUT2D eigenvalue weighted by molar-refractivity contribution is 0.184. The molecule has 0 spiro atoms. The minimum atomic E-state index is -1.20. The van der Waals surface area contributed by atoms with E-state index in [1.54, 1.807) is 26.0 Å². The maximum atomic E-state index is 11.5. The fraction of sp³-hybridized carbons (Fsp3) is 0.158. The molecule has 134 valence electrons. The summed E-state index contributed by atoms with van der Waals surface area (Å²) in [5, 5.41) is 25.9. The first kappa shape index (κ1) is 18.0. The Hall–Kier alpha value is -2.80. The smallest absolute Gasteiger partial charge is 0.405 e. The van der Waals surface area contributed by atoms with Gasteiger partial charge in [-0.2, -0.15) is 0 Å². The summed E-state index contributed by atoms with van der Waals surface area (Å²) >= 11 is 3.39. The first-order valence-corrected chi connectivity index (χ1v) is 8.64. The third-order valence-corrected chi connectivity index (χ3v) is 4.78. The van der Waals surface area contributed by atoms with Crippen molar-refractivity contribution in [3.05, 3.63) is 69.8 Å². The minimum absolute atomic E-state index is 0.0419. The summed E-state index contributed by atoms with van der Waals surface area (Å²) in [4.78, 5) is 11.5. The Labute approximate surface area is 158 Å². The molecule has 1 amide bonds. The number of aryl methyl sites for hydroxylation is 1. The zero-order chi connectivity index (χ0) is 18.9. The summed E-state index contributed by atoms with van der Waals surface area (Å²) in [6.07, 6.45) is -1.20. The van der Waals surface area contributed by atoms with Crippen LogP contribution in [0.5, 0.6) is 5.75 Å². The summed E-state index contributed by atoms with van der Waals surface area (Å²) in [6, 6.07) is 13.9. The average molecular weight is 417 g/mol. The number of hydrogen-bond donors (Lipinski definition) is 3. The summed E-state index contributed by atoms with van der Waals surface area (Å²) < 4.78 is 6.46. The zero-order valence-electron chi connectivity index (χ0n) is 14.2. The number of halogens is 1. The third-order valence-electron chi connectivity index (χ3n) is 4.25. The van der Waals surface area contributed by atoms with Gasteiger partial charge in [-0.25, -0.2) is 4.79 Å². The highest BCUT2D eigenvalue weighted by Gasteiger charge is 2.38. The van der Waals surface area contributed by atoms with Crippen molar-refractivity contribution in [2.75, 3.05) is 0 Å². The molecule has 26 heavy (non-hydrogen) atoms. The van der Waals surface area contributed by atoms with Crippen molar-refractivity contribution in [3.8, 4) is 17.1 Å². The standard InChI is InChI=1S/C19H17BrN2O4/c1-11-16(17(26-22-11)12-6-8-14(20)9-7-12)19(2,21-18(24)25)13-4-3-5-15(23)10-13/h3-10,21,23H,1-2H3,(H,24,25). The molecule has 3 N–H and O–H groups in total. The van der Waals surface area contributed by atoms with E-state index in [2.05, 4.69) is 26.4 Å². The van der Waals surface area contributed by atoms with Crippen molar-refractivity contribution in [2.24, 2.45) is 0 Å². The van der Waals surface area contributed by atoms with Crippen LogP contribution in [-0.2, 0) is 5.54 Å². The van der Waals surface area contributed by atoms with Crippen LogP contribution < -0.4 is 5.32 Å². The largest absolute Gasteiger partial charge is 0.508 e. The first-order chi connectivity index (χ1) is 12.3. The van der Waals surface area contributed by atoms with Gasteiger partial charge in [0.05, 0.1) is 16.8 Å². The van der Waals surface area contributed by atoms with Crippen molar-refractivity contribution in [2.45, 2.75) is 19.4 Å². The molecule has 1 heterocycles. The van der Waals surface area contributed by atoms with Gasteiger partial charge in [0, 0.05) is 10.0 Å². The van der Waals surface area contributed by atoms with E-state index in [1.165, 1.54) is 12.1 Å². The molecule has 0 saturated carbocycles. The van der Waals surface area contributed by atoms with Gasteiger partial charge < -0.3 is 20.1 Å². The number of carbonyl (C=O) groups is 1. The molecular formula is C19H17BrN2O4. The Morgan fingerprint density at radius 2 is 1.92 bits per heavy atom. The van der Waals surface area contributed by atoms with E-state index in [-0.39, 0.29) is 5.75 Å². The summed E-state index contributed by atoms with van der Waals surface area (Å²) in [7, 11) is 0. The highest BCUT2D eigenvalue weighted by Crippen LogP contribution is 2.39. The highest BCUT2D eigenvalue weighted by atomic mass is 79.9. The molecule has 3 rings (SSSR count). The molecule has 0 bridgehead atoms. The molecule has 6 nitrogen and oxygen atoms in total. The Bertz CT molecular complexity index is 952. The van der Waals surface area contributed by atoms with Gasteiger partial charge in [0.15, 0.2) is 5.76 Å². The lowest BCUT2D eigenvalue weighted by Crippen LogP contribution is -2.44. The van der Waals surface area contributed by atoms with Crippen LogP contribution in [0, 0.1) is 6.92 Å². The van der Waals surface area contributed by atoms with Crippen LogP contribution in [0.15, 0.2) is 57.5 Å². The van der Waals surface area contributed by atoms with Crippen LogP contribution in [0.4, 0.5) is 4.79 Å². The van der Waals surface area contributed by atoms with Crippen molar-refractivity contribution in [1.29, 1.82) is 0 Å². The Kier molecular flexibility index (Phi) is 4.73. The van der Waals surface area contributed by atoms with Gasteiger partial charge in [0.2, 0.25) is 0 Å². The number of nitrogens with zero attached hydrogens (tertiary/aromatic N) is 1. The van der Waals surface area contributed by atoms with Crippen molar-refractivity contribution in [3.63, 3.8) is 0 Å². The second-order valence-corrected chi connectivity index (χ2v) is 7.00. The number of benzene rings is 2. The minimum Gasteiger partial charge on any atom is -0.508 e. The quantitative estimate of drug-likeness (QED) is 0.575. The molecule has 1 unspecified atom stereocenters. The number of phenolic OH excluding ortho intramolecular Hbond substituents is 1. The molecule has 1 aromatic heterocycles. The summed E-state index contributed by atoms with van der Waals surface area (Å²) in [5.74, 6) is 0.509. The van der Waals surface area contributed by atoms with Gasteiger partial charge in [-0.1, -0.05) is 45.4 Å². The fourth-order valence-electron chi connectivity index (χ4n) is 3.07. The monoisotopic (exact) mass is 416 g/mol. The van der Waals surface area contributed by atoms with E-state index in [0.29, 0.717) is 22.6 Å². The van der Waals surface area contributed by atoms with E-state index < -0.39 is 11.6 Å². The molecule has 0 saturated heterocycles. The number of carboxylic acid groups (broad SMARTS) is 1. The van der Waals surface area contributed by atoms with Crippen LogP contribution in [0.2, 0.25) is 0 Å². The third kappa shape index (κ3) is 3.30. The Morgan fingerprint density at radius 3 is 2.54 bits per heavy atom. The number of nitrogens with one attached hydrogen (secondary N) is 1. The predicted molar refractivity (Wildman–Crippen MR) is 100 cm³/mol. The Balaban J connectivity index is 2.24. The van der Waals surface area contributed by atoms with Gasteiger partial charge in [-0.15, -0.1) is 0 Å². The van der Waals surface area contributed by atoms with Gasteiger partial charge >= 0.3 is 6.09 Å². The average Bonchev–Trinajstić information content (AvgIpc) is 2.97. The van der Waals surface area contributed by atoms with Crippen molar-refractivity contribution in [1.82, 2.24) is 10.5 Å². The second-order valence-electron chi connectivity index (χ2n) is 6.08. The molecule has 1 atom stereocenters. The molecule has 0 aliphatic carbocycles. The highest BCUT2D eigenvalue weighted by molar-refractivity contribution is 9.10. The van der Waals surface area contributed by atoms with Crippen LogP contribution >= 0.6 is 15.9 Å². The van der Waals surface area contributed by atoms with Crippen LogP contribution in [0.3, 0.4) is 0 Å². The molecule has 0 radical (unpaired) electrons. The molecule has 0 fully saturated rings. The van der Waals surface area contributed by atoms with Crippen LogP contribution in [-0.4, -0.2) is 21.5 Å². The first-order valence-electron chi connectivity index (χ1n) is 7.84. The predicted octanol–water partition coefficient (Wildman–Crippen LogP) is 4.65. The van der Waals surface area contributed by atoms with E-state index in [4.69, 9.17) is 4.52 Å². The number of aromatic nitrogens is 1. The van der Waals surface area contributed by atoms with Crippen LogP contribution in [0.25, 0.3) is 11.3 Å². The number of aromatic hydroxyl groups is 1. The molecule has 0 aliphatic heterocycles. The molecule has 0 aliphatic rings. The second kappa shape index (κ2) is 6.84. The number of rotatable bonds is 4. The number of hydrogen-bond acceptors (Lipinski definition) is 4. The Morgan fingerprint density at radius 1 is 1.23 bits per heavy atom. The van der Waals surface area contributed by atoms with Crippen LogP contribution in [0.1, 0.15) is 23.7 Å². The normalized spacial score (nSPS) is 13.2. The van der Waals surface area contributed by atoms with Crippen molar-refractivity contribution < 1.29 is 19.5 Å². The lowest BCUT2D eigenvalue weighted by atomic mass is 9.82. The van der Waals surface area contributed by atoms with Gasteiger partial charge in [-0.05, 0) is 43.7 Å². The van der Waals surface area contributed by atoms with Gasteiger partial charge in [-0.3, -0.25) is 0 Å². The fourth-order valence-corrected chi connectivity index (χ4v) is 3.33. The van der Waals surface area contributed by atoms with Gasteiger partial charge in [0.1, 0.15) is 5.75 Å². The van der Waals surface area contributed by atoms with E-state index >= 15 is 0 Å². The number of phenols is 1. The summed E-state index contributed by atoms with van der Waals surface area (Å²) in [6.45, 7) is 3.48. The topological polar surface area (TPSA) is 95.6 Å². The number of amides is 1. The molecular weight excluding hydrogens is 400 g/mol. The zero-order valence-corrected chi connectivity index (χ0v) is 15.7.